The summed E-state index contributed by atoms with van der Waals surface area (Å²) in [6.45, 7) is 6.34. The van der Waals surface area contributed by atoms with Crippen molar-refractivity contribution in [3.63, 3.8) is 0 Å². The maximum absolute atomic E-state index is 14.1. The maximum atomic E-state index is 14.1. The molecule has 1 aromatic carbocycles. The Labute approximate surface area is 165 Å². The van der Waals surface area contributed by atoms with E-state index in [1.54, 1.807) is 13.8 Å². The van der Waals surface area contributed by atoms with E-state index in [0.29, 0.717) is 41.2 Å². The third kappa shape index (κ3) is 3.72. The monoisotopic (exact) mass is 406 g/mol. The molecule has 2 N–H and O–H groups in total. The Morgan fingerprint density at radius 2 is 2.07 bits per heavy atom. The maximum Gasteiger partial charge on any atom is 0.255 e. The van der Waals surface area contributed by atoms with Gasteiger partial charge in [0.15, 0.2) is 10.6 Å². The second-order valence-corrected chi connectivity index (χ2v) is 6.64. The van der Waals surface area contributed by atoms with Gasteiger partial charge in [-0.25, -0.2) is 13.5 Å². The fourth-order valence-corrected chi connectivity index (χ4v) is 3.38. The van der Waals surface area contributed by atoms with E-state index in [-0.39, 0.29) is 11.6 Å². The summed E-state index contributed by atoms with van der Waals surface area (Å²) in [6, 6.07) is 3.22. The van der Waals surface area contributed by atoms with Crippen molar-refractivity contribution in [3.05, 3.63) is 57.4 Å². The molecule has 7 nitrogen and oxygen atoms in total. The number of H-pyrrole nitrogens is 1. The zero-order valence-electron chi connectivity index (χ0n) is 15.7. The molecule has 10 heteroatoms. The molecule has 0 unspecified atom stereocenters. The van der Waals surface area contributed by atoms with Gasteiger partial charge < -0.3 is 9.88 Å². The van der Waals surface area contributed by atoms with E-state index in [1.807, 2.05) is 11.5 Å². The molecule has 148 valence electrons. The zero-order valence-corrected chi connectivity index (χ0v) is 16.5. The van der Waals surface area contributed by atoms with Gasteiger partial charge in [-0.3, -0.25) is 9.89 Å². The minimum absolute atomic E-state index is 0.0829. The average Bonchev–Trinajstić information content (AvgIpc) is 3.14. The number of hydrogen-bond donors (Lipinski definition) is 2. The van der Waals surface area contributed by atoms with E-state index in [4.69, 9.17) is 12.2 Å². The molecule has 0 saturated heterocycles. The van der Waals surface area contributed by atoms with Gasteiger partial charge in [0.05, 0.1) is 17.0 Å². The molecule has 0 radical (unpaired) electrons. The molecule has 0 aliphatic rings. The van der Waals surface area contributed by atoms with Crippen LogP contribution in [-0.4, -0.2) is 37.0 Å². The molecule has 0 atom stereocenters. The summed E-state index contributed by atoms with van der Waals surface area (Å²) in [6.07, 6.45) is 0.505. The molecular formula is C18H20F2N6OS. The Hall–Kier alpha value is -2.88. The quantitative estimate of drug-likeness (QED) is 0.617. The van der Waals surface area contributed by atoms with Crippen molar-refractivity contribution in [3.8, 4) is 5.69 Å². The fraction of sp³-hybridized carbons (Fsp3) is 0.333. The van der Waals surface area contributed by atoms with Gasteiger partial charge in [-0.15, -0.1) is 0 Å². The van der Waals surface area contributed by atoms with Crippen molar-refractivity contribution >= 4 is 18.1 Å². The first kappa shape index (κ1) is 19.9. The number of amides is 1. The Balaban J connectivity index is 1.77. The van der Waals surface area contributed by atoms with E-state index in [2.05, 4.69) is 20.6 Å². The van der Waals surface area contributed by atoms with Crippen LogP contribution < -0.4 is 5.32 Å². The SMILES string of the molecule is CCn1c(CCNC(=O)c2c(C)nn(-c3ccc(F)cc3F)c2C)n[nH]c1=S. The van der Waals surface area contributed by atoms with Gasteiger partial charge in [0.2, 0.25) is 0 Å². The molecule has 0 spiro atoms. The van der Waals surface area contributed by atoms with Crippen LogP contribution in [0.1, 0.15) is 34.5 Å². The second kappa shape index (κ2) is 8.01. The molecular weight excluding hydrogens is 386 g/mol. The van der Waals surface area contributed by atoms with Crippen LogP contribution in [-0.2, 0) is 13.0 Å². The summed E-state index contributed by atoms with van der Waals surface area (Å²) in [4.78, 5) is 12.6. The van der Waals surface area contributed by atoms with Gasteiger partial charge in [-0.1, -0.05) is 0 Å². The second-order valence-electron chi connectivity index (χ2n) is 6.25. The number of benzene rings is 1. The molecule has 0 fully saturated rings. The number of nitrogens with zero attached hydrogens (tertiary/aromatic N) is 4. The third-order valence-electron chi connectivity index (χ3n) is 4.44. The summed E-state index contributed by atoms with van der Waals surface area (Å²) in [5.74, 6) is -0.989. The van der Waals surface area contributed by atoms with Gasteiger partial charge in [0, 0.05) is 25.6 Å². The molecule has 28 heavy (non-hydrogen) atoms. The molecule has 2 aromatic heterocycles. The van der Waals surface area contributed by atoms with Crippen LogP contribution in [0.25, 0.3) is 5.69 Å². The van der Waals surface area contributed by atoms with Gasteiger partial charge in [0.25, 0.3) is 5.91 Å². The number of rotatable bonds is 6. The van der Waals surface area contributed by atoms with Crippen LogP contribution in [0.3, 0.4) is 0 Å². The summed E-state index contributed by atoms with van der Waals surface area (Å²) in [7, 11) is 0. The van der Waals surface area contributed by atoms with Crippen molar-refractivity contribution < 1.29 is 13.6 Å². The zero-order chi connectivity index (χ0) is 20.4. The molecule has 3 rings (SSSR count). The highest BCUT2D eigenvalue weighted by atomic mass is 32.1. The molecule has 2 heterocycles. The number of carbonyl (C=O) groups is 1. The summed E-state index contributed by atoms with van der Waals surface area (Å²) < 4.78 is 31.0. The summed E-state index contributed by atoms with van der Waals surface area (Å²) in [5.41, 5.74) is 1.37. The van der Waals surface area contributed by atoms with E-state index in [0.717, 1.165) is 18.0 Å². The topological polar surface area (TPSA) is 80.5 Å². The van der Waals surface area contributed by atoms with Gasteiger partial charge in [-0.05, 0) is 45.1 Å². The van der Waals surface area contributed by atoms with E-state index >= 15 is 0 Å². The Morgan fingerprint density at radius 1 is 1.32 bits per heavy atom. The standard InChI is InChI=1S/C18H20F2N6OS/c1-4-25-15(22-23-18(25)28)7-8-21-17(27)16-10(2)24-26(11(16)3)14-6-5-12(19)9-13(14)20/h5-6,9H,4,7-8H2,1-3H3,(H,21,27)(H,23,28). The van der Waals surface area contributed by atoms with Crippen molar-refractivity contribution in [1.82, 2.24) is 29.9 Å². The number of aromatic amines is 1. The lowest BCUT2D eigenvalue weighted by Crippen LogP contribution is -2.27. The number of halogens is 2. The van der Waals surface area contributed by atoms with Crippen LogP contribution in [0.4, 0.5) is 8.78 Å². The van der Waals surface area contributed by atoms with Gasteiger partial charge >= 0.3 is 0 Å². The smallest absolute Gasteiger partial charge is 0.255 e. The number of aryl methyl sites for hydroxylation is 1. The highest BCUT2D eigenvalue weighted by molar-refractivity contribution is 7.71. The first-order chi connectivity index (χ1) is 13.3. The lowest BCUT2D eigenvalue weighted by molar-refractivity contribution is 0.0952. The minimum Gasteiger partial charge on any atom is -0.351 e. The number of nitrogens with one attached hydrogen (secondary N) is 2. The molecule has 0 aliphatic carbocycles. The highest BCUT2D eigenvalue weighted by Crippen LogP contribution is 2.20. The van der Waals surface area contributed by atoms with E-state index < -0.39 is 11.6 Å². The van der Waals surface area contributed by atoms with Crippen LogP contribution in [0.2, 0.25) is 0 Å². The largest absolute Gasteiger partial charge is 0.351 e. The van der Waals surface area contributed by atoms with Crippen LogP contribution >= 0.6 is 12.2 Å². The molecule has 0 saturated carbocycles. The van der Waals surface area contributed by atoms with Crippen molar-refractivity contribution in [1.29, 1.82) is 0 Å². The molecule has 0 bridgehead atoms. The number of carbonyl (C=O) groups excluding carboxylic acids is 1. The number of hydrogen-bond acceptors (Lipinski definition) is 4. The van der Waals surface area contributed by atoms with Crippen molar-refractivity contribution in [2.75, 3.05) is 6.54 Å². The summed E-state index contributed by atoms with van der Waals surface area (Å²) >= 11 is 5.14. The van der Waals surface area contributed by atoms with Crippen LogP contribution in [0, 0.1) is 30.3 Å². The third-order valence-corrected chi connectivity index (χ3v) is 4.76. The lowest BCUT2D eigenvalue weighted by atomic mass is 10.2. The first-order valence-corrected chi connectivity index (χ1v) is 9.18. The molecule has 3 aromatic rings. The Morgan fingerprint density at radius 3 is 2.75 bits per heavy atom. The predicted octanol–water partition coefficient (Wildman–Crippen LogP) is 3.01. The van der Waals surface area contributed by atoms with Crippen LogP contribution in [0.15, 0.2) is 18.2 Å². The first-order valence-electron chi connectivity index (χ1n) is 8.77. The van der Waals surface area contributed by atoms with Gasteiger partial charge in [-0.2, -0.15) is 10.2 Å². The van der Waals surface area contributed by atoms with E-state index in [9.17, 15) is 13.6 Å². The Bertz CT molecular complexity index is 1080. The molecule has 1 amide bonds. The predicted molar refractivity (Wildman–Crippen MR) is 102 cm³/mol. The fourth-order valence-electron chi connectivity index (χ4n) is 3.10. The van der Waals surface area contributed by atoms with Gasteiger partial charge in [0.1, 0.15) is 17.3 Å². The van der Waals surface area contributed by atoms with E-state index in [1.165, 1.54) is 10.7 Å². The lowest BCUT2D eigenvalue weighted by Gasteiger charge is -2.08. The summed E-state index contributed by atoms with van der Waals surface area (Å²) in [5, 5.41) is 14.0. The Kier molecular flexibility index (Phi) is 5.68. The number of aromatic nitrogens is 5. The normalized spacial score (nSPS) is 11.0. The highest BCUT2D eigenvalue weighted by Gasteiger charge is 2.21. The molecule has 0 aliphatic heterocycles. The van der Waals surface area contributed by atoms with Crippen LogP contribution in [0.5, 0.6) is 0 Å². The van der Waals surface area contributed by atoms with Crippen molar-refractivity contribution in [2.45, 2.75) is 33.7 Å². The average molecular weight is 406 g/mol. The minimum atomic E-state index is -0.750. The van der Waals surface area contributed by atoms with Crippen molar-refractivity contribution in [2.24, 2.45) is 0 Å².